The van der Waals surface area contributed by atoms with Gasteiger partial charge in [0.05, 0.1) is 0 Å². The summed E-state index contributed by atoms with van der Waals surface area (Å²) >= 11 is 0. The van der Waals surface area contributed by atoms with Crippen LogP contribution in [0.4, 0.5) is 0 Å². The van der Waals surface area contributed by atoms with E-state index in [9.17, 15) is 0 Å². The SMILES string of the molecule is NC1(CC2CCCC2)CCCCCC1. The maximum Gasteiger partial charge on any atom is 0.0157 e. The predicted octanol–water partition coefficient (Wildman–Crippen LogP) is 3.62. The second kappa shape index (κ2) is 4.65. The van der Waals surface area contributed by atoms with E-state index < -0.39 is 0 Å². The minimum absolute atomic E-state index is 0.228. The van der Waals surface area contributed by atoms with Crippen molar-refractivity contribution < 1.29 is 0 Å². The van der Waals surface area contributed by atoms with Crippen molar-refractivity contribution in [3.05, 3.63) is 0 Å². The first-order valence-corrected chi connectivity index (χ1v) is 6.57. The molecule has 2 saturated carbocycles. The molecule has 2 N–H and O–H groups in total. The van der Waals surface area contributed by atoms with E-state index in [1.165, 1.54) is 70.6 Å². The fraction of sp³-hybridized carbons (Fsp3) is 1.00. The molecule has 0 atom stereocenters. The molecule has 2 fully saturated rings. The lowest BCUT2D eigenvalue weighted by Gasteiger charge is -2.31. The van der Waals surface area contributed by atoms with Gasteiger partial charge in [-0.2, -0.15) is 0 Å². The maximum absolute atomic E-state index is 6.54. The largest absolute Gasteiger partial charge is 0.325 e. The Balaban J connectivity index is 1.85. The molecule has 0 heterocycles. The fourth-order valence-electron chi connectivity index (χ4n) is 3.43. The molecule has 1 heteroatoms. The molecule has 2 aliphatic carbocycles. The zero-order chi connectivity index (χ0) is 9.86. The van der Waals surface area contributed by atoms with Crippen LogP contribution in [-0.4, -0.2) is 5.54 Å². The van der Waals surface area contributed by atoms with E-state index in [-0.39, 0.29) is 5.54 Å². The van der Waals surface area contributed by atoms with Gasteiger partial charge in [0.15, 0.2) is 0 Å². The third-order valence-electron chi connectivity index (χ3n) is 4.27. The summed E-state index contributed by atoms with van der Waals surface area (Å²) in [7, 11) is 0. The highest BCUT2D eigenvalue weighted by Crippen LogP contribution is 2.36. The quantitative estimate of drug-likeness (QED) is 0.669. The van der Waals surface area contributed by atoms with Crippen LogP contribution in [0, 0.1) is 5.92 Å². The Morgan fingerprint density at radius 3 is 2.00 bits per heavy atom. The molecule has 0 aromatic carbocycles. The molecule has 0 aliphatic heterocycles. The normalized spacial score (nSPS) is 28.9. The van der Waals surface area contributed by atoms with Crippen LogP contribution >= 0.6 is 0 Å². The van der Waals surface area contributed by atoms with Crippen LogP contribution in [0.25, 0.3) is 0 Å². The fourth-order valence-corrected chi connectivity index (χ4v) is 3.43. The van der Waals surface area contributed by atoms with E-state index in [0.717, 1.165) is 5.92 Å². The Hall–Kier alpha value is -0.0400. The third kappa shape index (κ3) is 2.73. The van der Waals surface area contributed by atoms with Crippen molar-refractivity contribution in [3.8, 4) is 0 Å². The first kappa shape index (κ1) is 10.5. The van der Waals surface area contributed by atoms with Crippen molar-refractivity contribution in [3.63, 3.8) is 0 Å². The van der Waals surface area contributed by atoms with Crippen molar-refractivity contribution in [1.29, 1.82) is 0 Å². The second-order valence-corrected chi connectivity index (χ2v) is 5.63. The highest BCUT2D eigenvalue weighted by atomic mass is 14.7. The molecule has 0 aromatic heterocycles. The van der Waals surface area contributed by atoms with Crippen molar-refractivity contribution in [2.75, 3.05) is 0 Å². The third-order valence-corrected chi connectivity index (χ3v) is 4.27. The van der Waals surface area contributed by atoms with Crippen LogP contribution in [0.2, 0.25) is 0 Å². The van der Waals surface area contributed by atoms with Gasteiger partial charge in [-0.3, -0.25) is 0 Å². The Morgan fingerprint density at radius 2 is 1.43 bits per heavy atom. The van der Waals surface area contributed by atoms with Gasteiger partial charge in [0.25, 0.3) is 0 Å². The molecule has 0 radical (unpaired) electrons. The van der Waals surface area contributed by atoms with E-state index in [1.807, 2.05) is 0 Å². The van der Waals surface area contributed by atoms with Gasteiger partial charge in [0.1, 0.15) is 0 Å². The minimum atomic E-state index is 0.228. The van der Waals surface area contributed by atoms with Crippen LogP contribution in [-0.2, 0) is 0 Å². The summed E-state index contributed by atoms with van der Waals surface area (Å²) in [6.45, 7) is 0. The van der Waals surface area contributed by atoms with Gasteiger partial charge in [-0.15, -0.1) is 0 Å². The molecule has 0 saturated heterocycles. The number of hydrogen-bond donors (Lipinski definition) is 1. The molecular weight excluding hydrogens is 170 g/mol. The van der Waals surface area contributed by atoms with Gasteiger partial charge in [-0.05, 0) is 25.2 Å². The van der Waals surface area contributed by atoms with Gasteiger partial charge < -0.3 is 5.73 Å². The Morgan fingerprint density at radius 1 is 0.857 bits per heavy atom. The van der Waals surface area contributed by atoms with E-state index in [0.29, 0.717) is 0 Å². The van der Waals surface area contributed by atoms with Crippen molar-refractivity contribution in [2.45, 2.75) is 76.2 Å². The number of rotatable bonds is 2. The molecule has 14 heavy (non-hydrogen) atoms. The minimum Gasteiger partial charge on any atom is -0.325 e. The molecule has 2 aliphatic rings. The maximum atomic E-state index is 6.54. The summed E-state index contributed by atoms with van der Waals surface area (Å²) in [5.74, 6) is 0.970. The van der Waals surface area contributed by atoms with E-state index in [1.54, 1.807) is 0 Å². The Bertz CT molecular complexity index is 162. The average Bonchev–Trinajstić information content (AvgIpc) is 2.55. The lowest BCUT2D eigenvalue weighted by atomic mass is 9.81. The molecule has 0 unspecified atom stereocenters. The Labute approximate surface area is 88.4 Å². The highest BCUT2D eigenvalue weighted by molar-refractivity contribution is 4.89. The van der Waals surface area contributed by atoms with E-state index in [4.69, 9.17) is 5.73 Å². The topological polar surface area (TPSA) is 26.0 Å². The van der Waals surface area contributed by atoms with Crippen LogP contribution in [0.1, 0.15) is 70.6 Å². The summed E-state index contributed by atoms with van der Waals surface area (Å²) < 4.78 is 0. The smallest absolute Gasteiger partial charge is 0.0157 e. The zero-order valence-corrected chi connectivity index (χ0v) is 9.43. The van der Waals surface area contributed by atoms with Gasteiger partial charge in [0, 0.05) is 5.54 Å². The summed E-state index contributed by atoms with van der Waals surface area (Å²) in [6.07, 6.45) is 15.3. The molecule has 1 nitrogen and oxygen atoms in total. The number of hydrogen-bond acceptors (Lipinski definition) is 1. The number of nitrogens with two attached hydrogens (primary N) is 1. The summed E-state index contributed by atoms with van der Waals surface area (Å²) in [4.78, 5) is 0. The molecule has 0 bridgehead atoms. The van der Waals surface area contributed by atoms with Crippen molar-refractivity contribution in [2.24, 2.45) is 11.7 Å². The first-order valence-electron chi connectivity index (χ1n) is 6.57. The van der Waals surface area contributed by atoms with Crippen molar-refractivity contribution >= 4 is 0 Å². The van der Waals surface area contributed by atoms with Crippen LogP contribution in [0.5, 0.6) is 0 Å². The van der Waals surface area contributed by atoms with E-state index in [2.05, 4.69) is 0 Å². The second-order valence-electron chi connectivity index (χ2n) is 5.63. The molecule has 82 valence electrons. The van der Waals surface area contributed by atoms with Crippen LogP contribution < -0.4 is 5.73 Å². The van der Waals surface area contributed by atoms with Gasteiger partial charge in [-0.1, -0.05) is 51.4 Å². The molecule has 0 amide bonds. The summed E-state index contributed by atoms with van der Waals surface area (Å²) in [5.41, 5.74) is 6.77. The summed E-state index contributed by atoms with van der Waals surface area (Å²) in [5, 5.41) is 0. The monoisotopic (exact) mass is 195 g/mol. The van der Waals surface area contributed by atoms with Crippen LogP contribution in [0.3, 0.4) is 0 Å². The first-order chi connectivity index (χ1) is 6.79. The van der Waals surface area contributed by atoms with Crippen LogP contribution in [0.15, 0.2) is 0 Å². The predicted molar refractivity (Wildman–Crippen MR) is 61.2 cm³/mol. The molecular formula is C13H25N. The standard InChI is InChI=1S/C13H25N/c14-13(9-5-1-2-6-10-13)11-12-7-3-4-8-12/h12H,1-11,14H2. The molecule has 0 spiro atoms. The van der Waals surface area contributed by atoms with E-state index >= 15 is 0 Å². The van der Waals surface area contributed by atoms with Gasteiger partial charge in [-0.25, -0.2) is 0 Å². The lowest BCUT2D eigenvalue weighted by Crippen LogP contribution is -2.40. The van der Waals surface area contributed by atoms with Gasteiger partial charge in [0.2, 0.25) is 0 Å². The molecule has 2 rings (SSSR count). The Kier molecular flexibility index (Phi) is 3.48. The lowest BCUT2D eigenvalue weighted by molar-refractivity contribution is 0.285. The zero-order valence-electron chi connectivity index (χ0n) is 9.43. The highest BCUT2D eigenvalue weighted by Gasteiger charge is 2.30. The molecule has 0 aromatic rings. The van der Waals surface area contributed by atoms with Crippen molar-refractivity contribution in [1.82, 2.24) is 0 Å². The summed E-state index contributed by atoms with van der Waals surface area (Å²) in [6, 6.07) is 0. The average molecular weight is 195 g/mol. The van der Waals surface area contributed by atoms with Gasteiger partial charge >= 0.3 is 0 Å².